The maximum absolute atomic E-state index is 11.1. The first-order valence-electron chi connectivity index (χ1n) is 7.03. The fourth-order valence-corrected chi connectivity index (χ4v) is 2.84. The topological polar surface area (TPSA) is 49.3 Å². The van der Waals surface area contributed by atoms with Crippen LogP contribution >= 0.6 is 0 Å². The average Bonchev–Trinajstić information content (AvgIpc) is 2.28. The molecule has 0 aromatic heterocycles. The Morgan fingerprint density at radius 3 is 2.65 bits per heavy atom. The Bertz CT molecular complexity index is 240. The highest BCUT2D eigenvalue weighted by Gasteiger charge is 2.27. The first-order valence-corrected chi connectivity index (χ1v) is 7.03. The van der Waals surface area contributed by atoms with Crippen LogP contribution in [0.15, 0.2) is 0 Å². The third-order valence-electron chi connectivity index (χ3n) is 3.97. The first kappa shape index (κ1) is 14.5. The molecule has 1 fully saturated rings. The molecular formula is C14H27NO2. The van der Waals surface area contributed by atoms with Gasteiger partial charge in [-0.2, -0.15) is 0 Å². The van der Waals surface area contributed by atoms with E-state index < -0.39 is 5.97 Å². The molecule has 1 aliphatic carbocycles. The maximum Gasteiger partial charge on any atom is 0.320 e. The number of carboxylic acids is 1. The molecule has 0 saturated heterocycles. The molecule has 3 heteroatoms. The minimum Gasteiger partial charge on any atom is -0.480 e. The van der Waals surface area contributed by atoms with Gasteiger partial charge in [0.2, 0.25) is 0 Å². The molecule has 3 atom stereocenters. The minimum atomic E-state index is -0.696. The van der Waals surface area contributed by atoms with E-state index in [0.29, 0.717) is 12.0 Å². The number of hydrogen-bond acceptors (Lipinski definition) is 2. The summed E-state index contributed by atoms with van der Waals surface area (Å²) in [5, 5.41) is 12.5. The number of hydrogen-bond donors (Lipinski definition) is 2. The summed E-state index contributed by atoms with van der Waals surface area (Å²) < 4.78 is 0. The van der Waals surface area contributed by atoms with Gasteiger partial charge < -0.3 is 10.4 Å². The van der Waals surface area contributed by atoms with Crippen LogP contribution < -0.4 is 5.32 Å². The lowest BCUT2D eigenvalue weighted by Crippen LogP contribution is -2.45. The number of aliphatic carboxylic acids is 1. The molecule has 0 bridgehead atoms. The molecular weight excluding hydrogens is 214 g/mol. The normalized spacial score (nSPS) is 27.1. The van der Waals surface area contributed by atoms with Gasteiger partial charge >= 0.3 is 5.97 Å². The third kappa shape index (κ3) is 4.66. The van der Waals surface area contributed by atoms with Gasteiger partial charge in [0.25, 0.3) is 0 Å². The van der Waals surface area contributed by atoms with Crippen molar-refractivity contribution in [3.63, 3.8) is 0 Å². The van der Waals surface area contributed by atoms with E-state index in [0.717, 1.165) is 31.6 Å². The molecule has 0 radical (unpaired) electrons. The molecule has 100 valence electrons. The highest BCUT2D eigenvalue weighted by atomic mass is 16.4. The predicted octanol–water partition coefficient (Wildman–Crippen LogP) is 3.04. The van der Waals surface area contributed by atoms with Gasteiger partial charge in [-0.05, 0) is 31.1 Å². The summed E-state index contributed by atoms with van der Waals surface area (Å²) in [7, 11) is 0. The summed E-state index contributed by atoms with van der Waals surface area (Å²) in [6.07, 6.45) is 6.48. The van der Waals surface area contributed by atoms with Gasteiger partial charge in [-0.1, -0.05) is 40.0 Å². The predicted molar refractivity (Wildman–Crippen MR) is 70.1 cm³/mol. The summed E-state index contributed by atoms with van der Waals surface area (Å²) in [5.74, 6) is 0.782. The van der Waals surface area contributed by atoms with Crippen LogP contribution in [0.5, 0.6) is 0 Å². The average molecular weight is 241 g/mol. The molecule has 1 rings (SSSR count). The lowest BCUT2D eigenvalue weighted by atomic mass is 9.79. The minimum absolute atomic E-state index is 0.351. The van der Waals surface area contributed by atoms with Gasteiger partial charge in [0, 0.05) is 6.04 Å². The van der Waals surface area contributed by atoms with Crippen LogP contribution in [0.1, 0.15) is 59.3 Å². The Morgan fingerprint density at radius 1 is 1.41 bits per heavy atom. The smallest absolute Gasteiger partial charge is 0.320 e. The molecule has 1 saturated carbocycles. The molecule has 0 aliphatic heterocycles. The van der Waals surface area contributed by atoms with Crippen LogP contribution in [0.4, 0.5) is 0 Å². The van der Waals surface area contributed by atoms with Crippen LogP contribution in [0.2, 0.25) is 0 Å². The van der Waals surface area contributed by atoms with E-state index in [1.807, 2.05) is 6.92 Å². The van der Waals surface area contributed by atoms with Gasteiger partial charge in [0.1, 0.15) is 6.04 Å². The zero-order valence-corrected chi connectivity index (χ0v) is 11.4. The second kappa shape index (κ2) is 7.00. The maximum atomic E-state index is 11.1. The standard InChI is InChI=1S/C14H27NO2/c1-4-6-13(14(16)17)15-12-8-5-7-11(9-12)10(2)3/h10-13,15H,4-9H2,1-3H3,(H,16,17). The SMILES string of the molecule is CCCC(NC1CCCC(C(C)C)C1)C(=O)O. The second-order valence-corrected chi connectivity index (χ2v) is 5.71. The van der Waals surface area contributed by atoms with Crippen molar-refractivity contribution in [3.8, 4) is 0 Å². The Balaban J connectivity index is 2.46. The fourth-order valence-electron chi connectivity index (χ4n) is 2.84. The van der Waals surface area contributed by atoms with Gasteiger partial charge in [-0.25, -0.2) is 0 Å². The van der Waals surface area contributed by atoms with Crippen molar-refractivity contribution in [2.75, 3.05) is 0 Å². The second-order valence-electron chi connectivity index (χ2n) is 5.71. The zero-order valence-electron chi connectivity index (χ0n) is 11.4. The van der Waals surface area contributed by atoms with Gasteiger partial charge in [-0.15, -0.1) is 0 Å². The van der Waals surface area contributed by atoms with Crippen molar-refractivity contribution >= 4 is 5.97 Å². The summed E-state index contributed by atoms with van der Waals surface area (Å²) in [6, 6.07) is 0.0553. The van der Waals surface area contributed by atoms with Crippen molar-refractivity contribution in [1.29, 1.82) is 0 Å². The summed E-state index contributed by atoms with van der Waals surface area (Å²) in [4.78, 5) is 11.1. The molecule has 0 amide bonds. The summed E-state index contributed by atoms with van der Waals surface area (Å²) >= 11 is 0. The number of carbonyl (C=O) groups is 1. The zero-order chi connectivity index (χ0) is 12.8. The fraction of sp³-hybridized carbons (Fsp3) is 0.929. The van der Waals surface area contributed by atoms with Gasteiger partial charge in [-0.3, -0.25) is 4.79 Å². The molecule has 0 aromatic rings. The molecule has 0 spiro atoms. The lowest BCUT2D eigenvalue weighted by molar-refractivity contribution is -0.140. The molecule has 3 nitrogen and oxygen atoms in total. The largest absolute Gasteiger partial charge is 0.480 e. The van der Waals surface area contributed by atoms with Crippen LogP contribution in [0.3, 0.4) is 0 Å². The Labute approximate surface area is 105 Å². The van der Waals surface area contributed by atoms with Crippen molar-refractivity contribution in [1.82, 2.24) is 5.32 Å². The van der Waals surface area contributed by atoms with Crippen molar-refractivity contribution in [2.45, 2.75) is 71.4 Å². The molecule has 0 heterocycles. The Morgan fingerprint density at radius 2 is 2.12 bits per heavy atom. The van der Waals surface area contributed by atoms with E-state index in [2.05, 4.69) is 19.2 Å². The highest BCUT2D eigenvalue weighted by Crippen LogP contribution is 2.30. The van der Waals surface area contributed by atoms with E-state index in [1.165, 1.54) is 12.8 Å². The van der Waals surface area contributed by atoms with Crippen molar-refractivity contribution in [3.05, 3.63) is 0 Å². The van der Waals surface area contributed by atoms with Gasteiger partial charge in [0.05, 0.1) is 0 Å². The first-order chi connectivity index (χ1) is 8.04. The number of rotatable bonds is 6. The molecule has 17 heavy (non-hydrogen) atoms. The van der Waals surface area contributed by atoms with Gasteiger partial charge in [0.15, 0.2) is 0 Å². The number of nitrogens with one attached hydrogen (secondary N) is 1. The van der Waals surface area contributed by atoms with E-state index in [-0.39, 0.29) is 6.04 Å². The Kier molecular flexibility index (Phi) is 5.96. The van der Waals surface area contributed by atoms with Crippen LogP contribution in [0, 0.1) is 11.8 Å². The van der Waals surface area contributed by atoms with Crippen LogP contribution in [0.25, 0.3) is 0 Å². The lowest BCUT2D eigenvalue weighted by Gasteiger charge is -2.33. The Hall–Kier alpha value is -0.570. The summed E-state index contributed by atoms with van der Waals surface area (Å²) in [6.45, 7) is 6.58. The molecule has 3 unspecified atom stereocenters. The molecule has 0 aromatic carbocycles. The molecule has 1 aliphatic rings. The number of carboxylic acid groups (broad SMARTS) is 1. The van der Waals surface area contributed by atoms with E-state index in [9.17, 15) is 4.79 Å². The highest BCUT2D eigenvalue weighted by molar-refractivity contribution is 5.73. The van der Waals surface area contributed by atoms with E-state index in [4.69, 9.17) is 5.11 Å². The van der Waals surface area contributed by atoms with Crippen molar-refractivity contribution < 1.29 is 9.90 Å². The summed E-state index contributed by atoms with van der Waals surface area (Å²) in [5.41, 5.74) is 0. The quantitative estimate of drug-likeness (QED) is 0.751. The van der Waals surface area contributed by atoms with Crippen LogP contribution in [-0.4, -0.2) is 23.2 Å². The van der Waals surface area contributed by atoms with E-state index >= 15 is 0 Å². The van der Waals surface area contributed by atoms with Crippen molar-refractivity contribution in [2.24, 2.45) is 11.8 Å². The van der Waals surface area contributed by atoms with E-state index in [1.54, 1.807) is 0 Å². The van der Waals surface area contributed by atoms with Crippen LogP contribution in [-0.2, 0) is 4.79 Å². The monoisotopic (exact) mass is 241 g/mol. The third-order valence-corrected chi connectivity index (χ3v) is 3.97. The molecule has 2 N–H and O–H groups in total.